The Hall–Kier alpha value is -4.30. The van der Waals surface area contributed by atoms with Crippen molar-refractivity contribution in [2.45, 2.75) is 6.92 Å². The lowest BCUT2D eigenvalue weighted by Crippen LogP contribution is -2.10. The number of benzene rings is 4. The molecule has 4 aromatic carbocycles. The fraction of sp³-hybridized carbons (Fsp3) is 0.0323. The van der Waals surface area contributed by atoms with Crippen molar-refractivity contribution in [1.29, 1.82) is 0 Å². The Morgan fingerprint density at radius 3 is 1.76 bits per heavy atom. The number of ketones is 2. The number of allylic oxidation sites excluding steroid dienone is 3. The first-order valence-corrected chi connectivity index (χ1v) is 11.0. The van der Waals surface area contributed by atoms with Crippen molar-refractivity contribution >= 4 is 28.8 Å². The Kier molecular flexibility index (Phi) is 5.42. The van der Waals surface area contributed by atoms with E-state index in [1.54, 1.807) is 0 Å². The number of rotatable bonds is 5. The van der Waals surface area contributed by atoms with E-state index in [0.29, 0.717) is 27.8 Å². The van der Waals surface area contributed by atoms with Gasteiger partial charge in [-0.1, -0.05) is 115 Å². The van der Waals surface area contributed by atoms with Crippen molar-refractivity contribution in [3.8, 4) is 0 Å². The fourth-order valence-corrected chi connectivity index (χ4v) is 4.32. The molecule has 0 radical (unpaired) electrons. The summed E-state index contributed by atoms with van der Waals surface area (Å²) in [6, 6.07) is 34.2. The molecule has 2 heteroatoms. The van der Waals surface area contributed by atoms with Gasteiger partial charge in [0.25, 0.3) is 0 Å². The van der Waals surface area contributed by atoms with Gasteiger partial charge in [0.05, 0.1) is 0 Å². The van der Waals surface area contributed by atoms with Crippen LogP contribution < -0.4 is 0 Å². The van der Waals surface area contributed by atoms with Gasteiger partial charge in [-0.3, -0.25) is 9.59 Å². The first-order valence-electron chi connectivity index (χ1n) is 11.0. The molecule has 5 rings (SSSR count). The van der Waals surface area contributed by atoms with Crippen molar-refractivity contribution in [2.75, 3.05) is 0 Å². The molecule has 33 heavy (non-hydrogen) atoms. The highest BCUT2D eigenvalue weighted by atomic mass is 16.1. The van der Waals surface area contributed by atoms with Gasteiger partial charge < -0.3 is 0 Å². The van der Waals surface area contributed by atoms with E-state index in [0.717, 1.165) is 22.3 Å². The molecule has 1 aliphatic rings. The van der Waals surface area contributed by atoms with Crippen molar-refractivity contribution in [2.24, 2.45) is 0 Å². The van der Waals surface area contributed by atoms with Crippen LogP contribution in [-0.4, -0.2) is 11.6 Å². The van der Waals surface area contributed by atoms with Crippen LogP contribution in [0.5, 0.6) is 0 Å². The van der Waals surface area contributed by atoms with Gasteiger partial charge in [0.1, 0.15) is 0 Å². The molecule has 0 aliphatic heterocycles. The summed E-state index contributed by atoms with van der Waals surface area (Å²) >= 11 is 0. The molecule has 2 nitrogen and oxygen atoms in total. The van der Waals surface area contributed by atoms with Gasteiger partial charge in [-0.05, 0) is 29.7 Å². The second kappa shape index (κ2) is 8.68. The van der Waals surface area contributed by atoms with E-state index in [1.165, 1.54) is 0 Å². The average molecular weight is 427 g/mol. The van der Waals surface area contributed by atoms with Gasteiger partial charge in [-0.2, -0.15) is 0 Å². The average Bonchev–Trinajstić information content (AvgIpc) is 3.23. The van der Waals surface area contributed by atoms with Crippen LogP contribution >= 0.6 is 0 Å². The summed E-state index contributed by atoms with van der Waals surface area (Å²) in [5, 5.41) is 0. The molecule has 158 valence electrons. The van der Waals surface area contributed by atoms with Crippen LogP contribution in [0, 0.1) is 6.92 Å². The maximum atomic E-state index is 13.9. The molecule has 0 fully saturated rings. The SMILES string of the molecule is Cc1ccc2c(c1)C=C(C(=O)c1ccccc1)/C2=C(/C(=O)c1ccccc1)c1ccccc1. The van der Waals surface area contributed by atoms with Gasteiger partial charge in [0.15, 0.2) is 11.6 Å². The molecule has 0 unspecified atom stereocenters. The molecule has 0 saturated heterocycles. The quantitative estimate of drug-likeness (QED) is 0.253. The minimum Gasteiger partial charge on any atom is -0.289 e. The fourth-order valence-electron chi connectivity index (χ4n) is 4.32. The Balaban J connectivity index is 1.81. The number of aryl methyl sites for hydroxylation is 1. The zero-order valence-electron chi connectivity index (χ0n) is 18.3. The van der Waals surface area contributed by atoms with Gasteiger partial charge in [-0.15, -0.1) is 0 Å². The van der Waals surface area contributed by atoms with Gasteiger partial charge in [0.2, 0.25) is 0 Å². The summed E-state index contributed by atoms with van der Waals surface area (Å²) in [6.07, 6.45) is 1.92. The maximum absolute atomic E-state index is 13.9. The van der Waals surface area contributed by atoms with Gasteiger partial charge in [-0.25, -0.2) is 0 Å². The predicted molar refractivity (Wildman–Crippen MR) is 134 cm³/mol. The second-order valence-electron chi connectivity index (χ2n) is 8.16. The topological polar surface area (TPSA) is 34.1 Å². The molecule has 0 amide bonds. The van der Waals surface area contributed by atoms with Crippen LogP contribution in [0.4, 0.5) is 0 Å². The lowest BCUT2D eigenvalue weighted by molar-refractivity contribution is 0.104. The molecular formula is C31H22O2. The Bertz CT molecular complexity index is 1410. The van der Waals surface area contributed by atoms with Crippen LogP contribution in [0.25, 0.3) is 17.2 Å². The summed E-state index contributed by atoms with van der Waals surface area (Å²) in [6.45, 7) is 2.03. The monoisotopic (exact) mass is 426 g/mol. The molecule has 0 saturated carbocycles. The lowest BCUT2D eigenvalue weighted by atomic mass is 9.85. The summed E-state index contributed by atoms with van der Waals surface area (Å²) < 4.78 is 0. The number of carbonyl (C=O) groups excluding carboxylic acids is 2. The number of fused-ring (bicyclic) bond motifs is 1. The summed E-state index contributed by atoms with van der Waals surface area (Å²) in [5.74, 6) is -0.189. The minimum atomic E-state index is -0.100. The molecule has 0 bridgehead atoms. The first-order chi connectivity index (χ1) is 16.1. The third kappa shape index (κ3) is 3.88. The van der Waals surface area contributed by atoms with Crippen molar-refractivity contribution in [1.82, 2.24) is 0 Å². The van der Waals surface area contributed by atoms with E-state index >= 15 is 0 Å². The Labute approximate surface area is 193 Å². The minimum absolute atomic E-state index is 0.0891. The largest absolute Gasteiger partial charge is 0.289 e. The number of carbonyl (C=O) groups is 2. The van der Waals surface area contributed by atoms with Crippen LogP contribution in [0.15, 0.2) is 115 Å². The standard InChI is InChI=1S/C31H22O2/c1-21-17-18-26-25(19-21)20-27(30(32)23-13-7-3-8-14-23)29(26)28(22-11-5-2-6-12-22)31(33)24-15-9-4-10-16-24/h2-20H,1H3/b29-28+. The summed E-state index contributed by atoms with van der Waals surface area (Å²) in [7, 11) is 0. The smallest absolute Gasteiger partial charge is 0.194 e. The van der Waals surface area contributed by atoms with Gasteiger partial charge in [0, 0.05) is 27.8 Å². The van der Waals surface area contributed by atoms with Crippen LogP contribution in [0.3, 0.4) is 0 Å². The van der Waals surface area contributed by atoms with Crippen molar-refractivity contribution < 1.29 is 9.59 Å². The molecular weight excluding hydrogens is 404 g/mol. The van der Waals surface area contributed by atoms with Crippen molar-refractivity contribution in [3.63, 3.8) is 0 Å². The van der Waals surface area contributed by atoms with Crippen LogP contribution in [0.2, 0.25) is 0 Å². The maximum Gasteiger partial charge on any atom is 0.194 e. The van der Waals surface area contributed by atoms with E-state index in [1.807, 2.05) is 116 Å². The lowest BCUT2D eigenvalue weighted by Gasteiger charge is -2.16. The highest BCUT2D eigenvalue weighted by molar-refractivity contribution is 6.41. The van der Waals surface area contributed by atoms with Crippen LogP contribution in [0.1, 0.15) is 43.0 Å². The van der Waals surface area contributed by atoms with Gasteiger partial charge >= 0.3 is 0 Å². The number of Topliss-reactive ketones (excluding diaryl/α,β-unsaturated/α-hetero) is 2. The molecule has 4 aromatic rings. The zero-order valence-corrected chi connectivity index (χ0v) is 18.3. The normalized spacial score (nSPS) is 13.8. The molecule has 0 spiro atoms. The zero-order chi connectivity index (χ0) is 22.8. The van der Waals surface area contributed by atoms with E-state index in [2.05, 4.69) is 6.07 Å². The second-order valence-corrected chi connectivity index (χ2v) is 8.16. The third-order valence-electron chi connectivity index (χ3n) is 5.90. The summed E-state index contributed by atoms with van der Waals surface area (Å²) in [5.41, 5.74) is 6.74. The van der Waals surface area contributed by atoms with Crippen molar-refractivity contribution in [3.05, 3.63) is 148 Å². The molecule has 0 N–H and O–H groups in total. The first kappa shape index (κ1) is 20.6. The molecule has 0 aromatic heterocycles. The highest BCUT2D eigenvalue weighted by Crippen LogP contribution is 2.43. The third-order valence-corrected chi connectivity index (χ3v) is 5.90. The number of hydrogen-bond acceptors (Lipinski definition) is 2. The Morgan fingerprint density at radius 1 is 0.606 bits per heavy atom. The van der Waals surface area contributed by atoms with E-state index in [9.17, 15) is 9.59 Å². The molecule has 0 heterocycles. The highest BCUT2D eigenvalue weighted by Gasteiger charge is 2.31. The van der Waals surface area contributed by atoms with E-state index in [-0.39, 0.29) is 11.6 Å². The van der Waals surface area contributed by atoms with E-state index in [4.69, 9.17) is 0 Å². The molecule has 1 aliphatic carbocycles. The predicted octanol–water partition coefficient (Wildman–Crippen LogP) is 7.07. The summed E-state index contributed by atoms with van der Waals surface area (Å²) in [4.78, 5) is 27.6. The van der Waals surface area contributed by atoms with Crippen LogP contribution in [-0.2, 0) is 0 Å². The molecule has 0 atom stereocenters. The number of hydrogen-bond donors (Lipinski definition) is 0. The Morgan fingerprint density at radius 2 is 1.15 bits per heavy atom. The van der Waals surface area contributed by atoms with E-state index < -0.39 is 0 Å².